The number of rotatable bonds is 5. The lowest BCUT2D eigenvalue weighted by atomic mass is 9.98. The maximum Gasteiger partial charge on any atom is 0.262 e. The summed E-state index contributed by atoms with van der Waals surface area (Å²) >= 11 is 1.19. The fraction of sp³-hybridized carbons (Fsp3) is 0.214. The van der Waals surface area contributed by atoms with E-state index >= 15 is 0 Å². The first-order valence-corrected chi connectivity index (χ1v) is 12.7. The summed E-state index contributed by atoms with van der Waals surface area (Å²) in [6, 6.07) is 18.3. The number of nitrogens with one attached hydrogen (secondary N) is 1. The standard InChI is InChI=1S/C28H24F2N4O2S/c1-16-3-5-18(6-4-16)23-14-24(19-7-9-20(29)10-8-19)34(33-23)28-32-27(36)25(37-28)15-26(35)31-21-11-12-22(30)17(2)13-21/h3-13,24-25H,14-15H2,1-2H3,(H,31,35)/t24-,25-/m1/s1. The highest BCUT2D eigenvalue weighted by Crippen LogP contribution is 2.38. The van der Waals surface area contributed by atoms with E-state index in [2.05, 4.69) is 10.3 Å². The molecule has 0 fully saturated rings. The number of nitrogens with zero attached hydrogens (tertiary/aromatic N) is 3. The number of thioether (sulfide) groups is 1. The van der Waals surface area contributed by atoms with Crippen LogP contribution in [0.25, 0.3) is 0 Å². The molecule has 0 unspecified atom stereocenters. The Hall–Kier alpha value is -3.85. The van der Waals surface area contributed by atoms with Crippen molar-refractivity contribution in [1.82, 2.24) is 5.01 Å². The average molecular weight is 519 g/mol. The van der Waals surface area contributed by atoms with Gasteiger partial charge in [-0.3, -0.25) is 9.59 Å². The van der Waals surface area contributed by atoms with Crippen LogP contribution in [0.2, 0.25) is 0 Å². The predicted octanol–water partition coefficient (Wildman–Crippen LogP) is 5.76. The number of anilines is 1. The van der Waals surface area contributed by atoms with Gasteiger partial charge in [0.25, 0.3) is 5.91 Å². The molecular formula is C28H24F2N4O2S. The van der Waals surface area contributed by atoms with Gasteiger partial charge in [-0.15, -0.1) is 0 Å². The van der Waals surface area contributed by atoms with Gasteiger partial charge in [-0.05, 0) is 60.9 Å². The second kappa shape index (κ2) is 10.3. The van der Waals surface area contributed by atoms with Gasteiger partial charge in [-0.25, -0.2) is 13.8 Å². The molecule has 5 rings (SSSR count). The molecule has 0 aromatic heterocycles. The molecule has 0 aliphatic carbocycles. The molecule has 0 bridgehead atoms. The smallest absolute Gasteiger partial charge is 0.262 e. The SMILES string of the molecule is Cc1ccc(C2=NN(C3=NC(=O)[C@@H](CC(=O)Nc4ccc(F)c(C)c4)S3)[C@@H](c3ccc(F)cc3)C2)cc1. The van der Waals surface area contributed by atoms with Crippen LogP contribution in [0.1, 0.15) is 41.1 Å². The van der Waals surface area contributed by atoms with Gasteiger partial charge in [0.05, 0.1) is 11.8 Å². The molecule has 188 valence electrons. The highest BCUT2D eigenvalue weighted by atomic mass is 32.2. The van der Waals surface area contributed by atoms with Crippen LogP contribution >= 0.6 is 11.8 Å². The zero-order valence-corrected chi connectivity index (χ0v) is 21.1. The van der Waals surface area contributed by atoms with Crippen LogP contribution in [0, 0.1) is 25.5 Å². The third-order valence-electron chi connectivity index (χ3n) is 6.29. The zero-order valence-electron chi connectivity index (χ0n) is 20.2. The number of amidine groups is 1. The molecule has 1 N–H and O–H groups in total. The first-order valence-electron chi connectivity index (χ1n) is 11.8. The van der Waals surface area contributed by atoms with Crippen LogP contribution in [0.4, 0.5) is 14.5 Å². The van der Waals surface area contributed by atoms with Crippen molar-refractivity contribution in [3.05, 3.63) is 101 Å². The topological polar surface area (TPSA) is 74.1 Å². The number of benzene rings is 3. The second-order valence-electron chi connectivity index (χ2n) is 9.08. The van der Waals surface area contributed by atoms with Gasteiger partial charge in [0.2, 0.25) is 5.91 Å². The number of aryl methyl sites for hydroxylation is 2. The van der Waals surface area contributed by atoms with Gasteiger partial charge in [-0.1, -0.05) is 53.7 Å². The summed E-state index contributed by atoms with van der Waals surface area (Å²) < 4.78 is 27.1. The Labute approximate surface area is 217 Å². The third kappa shape index (κ3) is 5.46. The summed E-state index contributed by atoms with van der Waals surface area (Å²) in [5.41, 5.74) is 4.64. The van der Waals surface area contributed by atoms with Crippen LogP contribution in [-0.2, 0) is 9.59 Å². The Bertz CT molecular complexity index is 1420. The maximum absolute atomic E-state index is 13.6. The molecule has 2 atom stereocenters. The van der Waals surface area contributed by atoms with E-state index < -0.39 is 11.2 Å². The van der Waals surface area contributed by atoms with Crippen LogP contribution < -0.4 is 5.32 Å². The largest absolute Gasteiger partial charge is 0.326 e. The number of aliphatic imine (C=N–C) groups is 1. The van der Waals surface area contributed by atoms with Gasteiger partial charge in [0.1, 0.15) is 16.9 Å². The zero-order chi connectivity index (χ0) is 26.1. The molecule has 9 heteroatoms. The molecule has 0 radical (unpaired) electrons. The fourth-order valence-corrected chi connectivity index (χ4v) is 5.32. The Kier molecular flexibility index (Phi) is 6.88. The Morgan fingerprint density at radius 2 is 1.78 bits per heavy atom. The number of halogens is 2. The van der Waals surface area contributed by atoms with E-state index in [1.54, 1.807) is 24.1 Å². The van der Waals surface area contributed by atoms with Crippen LogP contribution in [0.3, 0.4) is 0 Å². The van der Waals surface area contributed by atoms with Crippen LogP contribution in [-0.4, -0.2) is 33.0 Å². The van der Waals surface area contributed by atoms with Crippen LogP contribution in [0.15, 0.2) is 76.8 Å². The van der Waals surface area contributed by atoms with Gasteiger partial charge in [0.15, 0.2) is 5.17 Å². The summed E-state index contributed by atoms with van der Waals surface area (Å²) in [5, 5.41) is 8.91. The van der Waals surface area contributed by atoms with Gasteiger partial charge in [-0.2, -0.15) is 10.1 Å². The number of hydrazone groups is 1. The lowest BCUT2D eigenvalue weighted by molar-refractivity contribution is -0.121. The Morgan fingerprint density at radius 3 is 2.49 bits per heavy atom. The van der Waals surface area contributed by atoms with E-state index in [0.717, 1.165) is 22.4 Å². The summed E-state index contributed by atoms with van der Waals surface area (Å²) in [4.78, 5) is 29.6. The van der Waals surface area contributed by atoms with Crippen molar-refractivity contribution in [1.29, 1.82) is 0 Å². The number of amides is 2. The Balaban J connectivity index is 1.34. The summed E-state index contributed by atoms with van der Waals surface area (Å²) in [7, 11) is 0. The number of carbonyl (C=O) groups is 2. The van der Waals surface area contributed by atoms with E-state index in [9.17, 15) is 18.4 Å². The molecule has 6 nitrogen and oxygen atoms in total. The van der Waals surface area contributed by atoms with E-state index in [1.807, 2.05) is 31.2 Å². The van der Waals surface area contributed by atoms with E-state index in [4.69, 9.17) is 5.10 Å². The predicted molar refractivity (Wildman–Crippen MR) is 142 cm³/mol. The lowest BCUT2D eigenvalue weighted by Gasteiger charge is -2.23. The Morgan fingerprint density at radius 1 is 1.05 bits per heavy atom. The van der Waals surface area contributed by atoms with E-state index in [1.165, 1.54) is 42.1 Å². The molecule has 0 saturated heterocycles. The van der Waals surface area contributed by atoms with Gasteiger partial charge in [0, 0.05) is 18.5 Å². The molecule has 2 aliphatic rings. The molecular weight excluding hydrogens is 494 g/mol. The minimum Gasteiger partial charge on any atom is -0.326 e. The number of carbonyl (C=O) groups excluding carboxylic acids is 2. The first-order chi connectivity index (χ1) is 17.8. The van der Waals surface area contributed by atoms with Crippen molar-refractivity contribution in [2.24, 2.45) is 10.1 Å². The van der Waals surface area contributed by atoms with E-state index in [0.29, 0.717) is 22.8 Å². The fourth-order valence-electron chi connectivity index (χ4n) is 4.26. The van der Waals surface area contributed by atoms with Crippen LogP contribution in [0.5, 0.6) is 0 Å². The quantitative estimate of drug-likeness (QED) is 0.466. The molecule has 2 heterocycles. The average Bonchev–Trinajstić information content (AvgIpc) is 3.46. The second-order valence-corrected chi connectivity index (χ2v) is 10.3. The molecule has 37 heavy (non-hydrogen) atoms. The van der Waals surface area contributed by atoms with Gasteiger partial charge < -0.3 is 5.32 Å². The summed E-state index contributed by atoms with van der Waals surface area (Å²) in [6.07, 6.45) is 0.466. The summed E-state index contributed by atoms with van der Waals surface area (Å²) in [6.45, 7) is 3.62. The van der Waals surface area contributed by atoms with Crippen molar-refractivity contribution >= 4 is 40.1 Å². The molecule has 3 aromatic rings. The molecule has 2 aliphatic heterocycles. The normalized spacial score (nSPS) is 19.1. The van der Waals surface area contributed by atoms with Crippen molar-refractivity contribution in [2.45, 2.75) is 38.0 Å². The monoisotopic (exact) mass is 518 g/mol. The van der Waals surface area contributed by atoms with Crippen molar-refractivity contribution < 1.29 is 18.4 Å². The van der Waals surface area contributed by atoms with Crippen molar-refractivity contribution in [2.75, 3.05) is 5.32 Å². The minimum absolute atomic E-state index is 0.0868. The third-order valence-corrected chi connectivity index (χ3v) is 7.43. The molecule has 0 spiro atoms. The first kappa shape index (κ1) is 24.8. The van der Waals surface area contributed by atoms with Crippen molar-refractivity contribution in [3.8, 4) is 0 Å². The molecule has 2 amide bonds. The maximum atomic E-state index is 13.6. The highest BCUT2D eigenvalue weighted by molar-refractivity contribution is 8.15. The van der Waals surface area contributed by atoms with Gasteiger partial charge >= 0.3 is 0 Å². The van der Waals surface area contributed by atoms with E-state index in [-0.39, 0.29) is 30.0 Å². The van der Waals surface area contributed by atoms with Crippen molar-refractivity contribution in [3.63, 3.8) is 0 Å². The molecule has 0 saturated carbocycles. The number of hydrogen-bond donors (Lipinski definition) is 1. The summed E-state index contributed by atoms with van der Waals surface area (Å²) in [5.74, 6) is -1.47. The minimum atomic E-state index is -0.705. The number of hydrogen-bond acceptors (Lipinski definition) is 5. The molecule has 3 aromatic carbocycles. The lowest BCUT2D eigenvalue weighted by Crippen LogP contribution is -2.25. The highest BCUT2D eigenvalue weighted by Gasteiger charge is 2.39.